The molecule has 1 N–H and O–H groups in total. The number of ether oxygens (including phenoxy) is 1. The average Bonchev–Trinajstić information content (AvgIpc) is 2.68. The van der Waals surface area contributed by atoms with Crippen LogP contribution in [-0.2, 0) is 13.6 Å². The Morgan fingerprint density at radius 2 is 2.22 bits per heavy atom. The molecule has 0 saturated heterocycles. The molecule has 0 aliphatic heterocycles. The lowest BCUT2D eigenvalue weighted by atomic mass is 10.2. The van der Waals surface area contributed by atoms with Crippen LogP contribution in [0.3, 0.4) is 0 Å². The van der Waals surface area contributed by atoms with Gasteiger partial charge < -0.3 is 14.6 Å². The summed E-state index contributed by atoms with van der Waals surface area (Å²) in [6.45, 7) is 2.67. The maximum absolute atomic E-state index is 5.94. The van der Waals surface area contributed by atoms with E-state index in [0.29, 0.717) is 11.7 Å². The van der Waals surface area contributed by atoms with Crippen LogP contribution in [0.15, 0.2) is 24.4 Å². The topological polar surface area (TPSA) is 39.1 Å². The predicted octanol–water partition coefficient (Wildman–Crippen LogP) is 3.00. The number of anilines is 1. The van der Waals surface area contributed by atoms with E-state index in [4.69, 9.17) is 16.3 Å². The number of rotatable bonds is 4. The standard InChI is InChI=1S/C13H16ClN3O/c1-9-6-10(18-3)4-5-11(9)15-8-13-16-7-12(14)17(13)2/h4-7,15H,8H2,1-3H3. The third-order valence-corrected chi connectivity index (χ3v) is 3.25. The molecule has 0 saturated carbocycles. The molecule has 1 heterocycles. The Labute approximate surface area is 112 Å². The zero-order chi connectivity index (χ0) is 13.1. The van der Waals surface area contributed by atoms with Crippen LogP contribution in [0.1, 0.15) is 11.4 Å². The van der Waals surface area contributed by atoms with Crippen LogP contribution in [0.2, 0.25) is 5.15 Å². The smallest absolute Gasteiger partial charge is 0.128 e. The summed E-state index contributed by atoms with van der Waals surface area (Å²) in [6.07, 6.45) is 1.65. The maximum atomic E-state index is 5.94. The van der Waals surface area contributed by atoms with Crippen LogP contribution in [0, 0.1) is 6.92 Å². The van der Waals surface area contributed by atoms with Gasteiger partial charge in [-0.1, -0.05) is 11.6 Å². The summed E-state index contributed by atoms with van der Waals surface area (Å²) in [6, 6.07) is 5.92. The Kier molecular flexibility index (Phi) is 3.77. The number of halogens is 1. The van der Waals surface area contributed by atoms with Crippen LogP contribution in [0.4, 0.5) is 5.69 Å². The summed E-state index contributed by atoms with van der Waals surface area (Å²) in [5, 5.41) is 3.97. The molecule has 96 valence electrons. The summed E-state index contributed by atoms with van der Waals surface area (Å²) in [4.78, 5) is 4.24. The van der Waals surface area contributed by atoms with E-state index in [1.807, 2.05) is 36.7 Å². The number of nitrogens with one attached hydrogen (secondary N) is 1. The maximum Gasteiger partial charge on any atom is 0.128 e. The van der Waals surface area contributed by atoms with Crippen LogP contribution < -0.4 is 10.1 Å². The van der Waals surface area contributed by atoms with Crippen molar-refractivity contribution in [3.63, 3.8) is 0 Å². The summed E-state index contributed by atoms with van der Waals surface area (Å²) in [5.41, 5.74) is 2.20. The second-order valence-corrected chi connectivity index (χ2v) is 4.48. The summed E-state index contributed by atoms with van der Waals surface area (Å²) >= 11 is 5.94. The van der Waals surface area contributed by atoms with E-state index in [2.05, 4.69) is 10.3 Å². The first-order valence-electron chi connectivity index (χ1n) is 5.66. The summed E-state index contributed by atoms with van der Waals surface area (Å²) in [5.74, 6) is 1.76. The molecule has 0 atom stereocenters. The van der Waals surface area contributed by atoms with E-state index >= 15 is 0 Å². The number of aromatic nitrogens is 2. The van der Waals surface area contributed by atoms with Gasteiger partial charge in [-0.2, -0.15) is 0 Å². The summed E-state index contributed by atoms with van der Waals surface area (Å²) < 4.78 is 7.03. The lowest BCUT2D eigenvalue weighted by molar-refractivity contribution is 0.414. The second kappa shape index (κ2) is 5.31. The van der Waals surface area contributed by atoms with E-state index in [0.717, 1.165) is 22.8 Å². The van der Waals surface area contributed by atoms with Crippen molar-refractivity contribution >= 4 is 17.3 Å². The lowest BCUT2D eigenvalue weighted by Gasteiger charge is -2.11. The first kappa shape index (κ1) is 12.8. The molecule has 1 aromatic carbocycles. The normalized spacial score (nSPS) is 10.4. The van der Waals surface area contributed by atoms with Crippen LogP contribution in [0.25, 0.3) is 0 Å². The van der Waals surface area contributed by atoms with Gasteiger partial charge in [-0.15, -0.1) is 0 Å². The van der Waals surface area contributed by atoms with E-state index in [-0.39, 0.29) is 0 Å². The molecular formula is C13H16ClN3O. The monoisotopic (exact) mass is 265 g/mol. The minimum atomic E-state index is 0.635. The molecule has 0 aliphatic carbocycles. The highest BCUT2D eigenvalue weighted by Gasteiger charge is 2.05. The van der Waals surface area contributed by atoms with E-state index in [1.165, 1.54) is 0 Å². The molecule has 2 aromatic rings. The minimum Gasteiger partial charge on any atom is -0.497 e. The molecule has 0 bridgehead atoms. The molecule has 0 fully saturated rings. The van der Waals surface area contributed by atoms with Crippen molar-refractivity contribution in [3.8, 4) is 5.75 Å². The van der Waals surface area contributed by atoms with Crippen LogP contribution >= 0.6 is 11.6 Å². The van der Waals surface area contributed by atoms with Crippen molar-refractivity contribution in [1.82, 2.24) is 9.55 Å². The van der Waals surface area contributed by atoms with E-state index in [9.17, 15) is 0 Å². The Morgan fingerprint density at radius 1 is 1.44 bits per heavy atom. The minimum absolute atomic E-state index is 0.635. The highest BCUT2D eigenvalue weighted by molar-refractivity contribution is 6.29. The zero-order valence-corrected chi connectivity index (χ0v) is 11.5. The van der Waals surface area contributed by atoms with E-state index in [1.54, 1.807) is 13.3 Å². The SMILES string of the molecule is COc1ccc(NCc2ncc(Cl)n2C)c(C)c1. The quantitative estimate of drug-likeness (QED) is 0.924. The van der Waals surface area contributed by atoms with Gasteiger partial charge in [-0.05, 0) is 30.7 Å². The molecule has 1 aromatic heterocycles. The summed E-state index contributed by atoms with van der Waals surface area (Å²) in [7, 11) is 3.56. The molecule has 2 rings (SSSR count). The van der Waals surface area contributed by atoms with Gasteiger partial charge in [0.2, 0.25) is 0 Å². The van der Waals surface area contributed by atoms with Crippen molar-refractivity contribution in [2.24, 2.45) is 7.05 Å². The number of nitrogens with zero attached hydrogens (tertiary/aromatic N) is 2. The Balaban J connectivity index is 2.08. The van der Waals surface area contributed by atoms with Gasteiger partial charge in [0.1, 0.15) is 16.7 Å². The van der Waals surface area contributed by atoms with Gasteiger partial charge in [0, 0.05) is 12.7 Å². The van der Waals surface area contributed by atoms with Gasteiger partial charge in [-0.25, -0.2) is 4.98 Å². The fourth-order valence-corrected chi connectivity index (χ4v) is 1.87. The van der Waals surface area contributed by atoms with Gasteiger partial charge >= 0.3 is 0 Å². The largest absolute Gasteiger partial charge is 0.497 e. The van der Waals surface area contributed by atoms with Crippen molar-refractivity contribution in [3.05, 3.63) is 40.9 Å². The third-order valence-electron chi connectivity index (χ3n) is 2.90. The van der Waals surface area contributed by atoms with Crippen LogP contribution in [-0.4, -0.2) is 16.7 Å². The Hall–Kier alpha value is -1.68. The zero-order valence-electron chi connectivity index (χ0n) is 10.7. The molecule has 4 nitrogen and oxygen atoms in total. The number of hydrogen-bond acceptors (Lipinski definition) is 3. The van der Waals surface area contributed by atoms with Crippen molar-refractivity contribution in [1.29, 1.82) is 0 Å². The third kappa shape index (κ3) is 2.59. The van der Waals surface area contributed by atoms with Crippen LogP contribution in [0.5, 0.6) is 5.75 Å². The molecule has 0 spiro atoms. The second-order valence-electron chi connectivity index (χ2n) is 4.09. The number of methoxy groups -OCH3 is 1. The van der Waals surface area contributed by atoms with Crippen molar-refractivity contribution < 1.29 is 4.74 Å². The first-order chi connectivity index (χ1) is 8.61. The molecular weight excluding hydrogens is 250 g/mol. The van der Waals surface area contributed by atoms with Gasteiger partial charge in [0.25, 0.3) is 0 Å². The fraction of sp³-hybridized carbons (Fsp3) is 0.308. The number of hydrogen-bond donors (Lipinski definition) is 1. The van der Waals surface area contributed by atoms with Gasteiger partial charge in [-0.3, -0.25) is 0 Å². The Bertz CT molecular complexity index is 551. The van der Waals surface area contributed by atoms with Gasteiger partial charge in [0.05, 0.1) is 19.9 Å². The lowest BCUT2D eigenvalue weighted by Crippen LogP contribution is -2.07. The molecule has 5 heteroatoms. The number of imidazole rings is 1. The first-order valence-corrected chi connectivity index (χ1v) is 6.04. The Morgan fingerprint density at radius 3 is 2.78 bits per heavy atom. The van der Waals surface area contributed by atoms with Gasteiger partial charge in [0.15, 0.2) is 0 Å². The predicted molar refractivity (Wildman–Crippen MR) is 73.3 cm³/mol. The van der Waals surface area contributed by atoms with Crippen molar-refractivity contribution in [2.75, 3.05) is 12.4 Å². The molecule has 0 unspecified atom stereocenters. The fourth-order valence-electron chi connectivity index (χ4n) is 1.72. The molecule has 18 heavy (non-hydrogen) atoms. The average molecular weight is 266 g/mol. The van der Waals surface area contributed by atoms with E-state index < -0.39 is 0 Å². The molecule has 0 amide bonds. The molecule has 0 aliphatic rings. The number of benzene rings is 1. The highest BCUT2D eigenvalue weighted by Crippen LogP contribution is 2.21. The molecule has 0 radical (unpaired) electrons. The highest BCUT2D eigenvalue weighted by atomic mass is 35.5. The van der Waals surface area contributed by atoms with Crippen molar-refractivity contribution in [2.45, 2.75) is 13.5 Å². The number of aryl methyl sites for hydroxylation is 1.